The van der Waals surface area contributed by atoms with Crippen LogP contribution in [0.2, 0.25) is 0 Å². The predicted octanol–water partition coefficient (Wildman–Crippen LogP) is 3.33. The van der Waals surface area contributed by atoms with Crippen LogP contribution in [0.3, 0.4) is 0 Å². The van der Waals surface area contributed by atoms with Gasteiger partial charge in [0.25, 0.3) is 0 Å². The van der Waals surface area contributed by atoms with E-state index < -0.39 is 10.5 Å². The first-order chi connectivity index (χ1) is 13.4. The van der Waals surface area contributed by atoms with E-state index >= 15 is 0 Å². The summed E-state index contributed by atoms with van der Waals surface area (Å²) < 4.78 is 21.1. The molecule has 1 aromatic carbocycles. The van der Waals surface area contributed by atoms with Crippen LogP contribution >= 0.6 is 24.8 Å². The lowest BCUT2D eigenvalue weighted by atomic mass is 10.1. The third kappa shape index (κ3) is 3.61. The topological polar surface area (TPSA) is 86.3 Å². The van der Waals surface area contributed by atoms with E-state index in [9.17, 15) is 14.5 Å². The van der Waals surface area contributed by atoms with Crippen LogP contribution in [-0.2, 0) is 19.6 Å². The minimum Gasteiger partial charge on any atom is -0.436 e. The van der Waals surface area contributed by atoms with Crippen LogP contribution in [-0.4, -0.2) is 36.5 Å². The van der Waals surface area contributed by atoms with Gasteiger partial charge in [0.2, 0.25) is 0 Å². The predicted molar refractivity (Wildman–Crippen MR) is 110 cm³/mol. The van der Waals surface area contributed by atoms with Crippen molar-refractivity contribution in [3.63, 3.8) is 0 Å². The van der Waals surface area contributed by atoms with E-state index in [1.165, 1.54) is 23.2 Å². The van der Waals surface area contributed by atoms with Crippen molar-refractivity contribution >= 4 is 30.7 Å². The molecule has 0 saturated carbocycles. The molecule has 1 atom stereocenters. The Bertz CT molecular complexity index is 1050. The lowest BCUT2D eigenvalue weighted by Crippen LogP contribution is -2.43. The van der Waals surface area contributed by atoms with E-state index in [4.69, 9.17) is 4.74 Å². The van der Waals surface area contributed by atoms with Gasteiger partial charge in [-0.15, -0.1) is 11.3 Å². The monoisotopic (exact) mass is 435 g/mol. The smallest absolute Gasteiger partial charge is 0.415 e. The highest BCUT2D eigenvalue weighted by Crippen LogP contribution is 2.37. The number of fused-ring (bicyclic) bond motifs is 2. The second kappa shape index (κ2) is 7.08. The Morgan fingerprint density at radius 1 is 1.38 bits per heavy atom. The minimum absolute atomic E-state index is 0. The van der Waals surface area contributed by atoms with Crippen LogP contribution in [0.4, 0.5) is 10.2 Å². The minimum atomic E-state index is -0.521. The van der Waals surface area contributed by atoms with Gasteiger partial charge in [-0.2, -0.15) is 13.5 Å². The molecule has 152 valence electrons. The third-order valence-electron chi connectivity index (χ3n) is 4.91. The molecular formula is C18H18FN5O3S2. The average Bonchev–Trinajstić information content (AvgIpc) is 3.32. The number of thiazole rings is 1. The van der Waals surface area contributed by atoms with E-state index in [-0.39, 0.29) is 31.1 Å². The number of hydrogen-bond donors (Lipinski definition) is 0. The van der Waals surface area contributed by atoms with Crippen molar-refractivity contribution in [1.29, 1.82) is 0 Å². The number of benzene rings is 1. The molecule has 29 heavy (non-hydrogen) atoms. The lowest BCUT2D eigenvalue weighted by Gasteiger charge is -2.27. The molecule has 0 unspecified atom stereocenters. The third-order valence-corrected chi connectivity index (χ3v) is 6.04. The summed E-state index contributed by atoms with van der Waals surface area (Å²) in [5.41, 5.74) is 1.31. The number of nitrogens with zero attached hydrogens (tertiary/aromatic N) is 5. The largest absolute Gasteiger partial charge is 0.436 e. The fourth-order valence-electron chi connectivity index (χ4n) is 3.79. The number of imidazole rings is 1. The fraction of sp³-hybridized carbons (Fsp3) is 0.333. The highest BCUT2D eigenvalue weighted by molar-refractivity contribution is 7.59. The summed E-state index contributed by atoms with van der Waals surface area (Å²) in [6.45, 7) is 4.59. The molecule has 5 rings (SSSR count). The number of ether oxygens (including phenoxy) is 1. The number of aromatic nitrogens is 3. The van der Waals surface area contributed by atoms with Crippen LogP contribution in [0.25, 0.3) is 10.6 Å². The van der Waals surface area contributed by atoms with Crippen molar-refractivity contribution in [3.8, 4) is 16.6 Å². The molecule has 0 fully saturated rings. The van der Waals surface area contributed by atoms with Crippen LogP contribution in [0.5, 0.6) is 6.01 Å². The summed E-state index contributed by atoms with van der Waals surface area (Å²) in [5.74, 6) is -0.465. The second-order valence-corrected chi connectivity index (χ2v) is 8.45. The first-order valence-electron chi connectivity index (χ1n) is 8.76. The Balaban J connectivity index is 0.00000205. The molecule has 3 aromatic rings. The quantitative estimate of drug-likeness (QED) is 0.462. The van der Waals surface area contributed by atoms with Crippen molar-refractivity contribution < 1.29 is 14.1 Å². The van der Waals surface area contributed by atoms with Gasteiger partial charge in [0.15, 0.2) is 0 Å². The Morgan fingerprint density at radius 3 is 2.90 bits per heavy atom. The molecule has 0 radical (unpaired) electrons. The average molecular weight is 436 g/mol. The zero-order valence-corrected chi connectivity index (χ0v) is 17.3. The maximum absolute atomic E-state index is 13.5. The molecule has 8 nitrogen and oxygen atoms in total. The van der Waals surface area contributed by atoms with E-state index in [0.717, 1.165) is 22.8 Å². The van der Waals surface area contributed by atoms with Crippen LogP contribution in [0.15, 0.2) is 30.5 Å². The second-order valence-electron chi connectivity index (χ2n) is 7.36. The van der Waals surface area contributed by atoms with Gasteiger partial charge in [0, 0.05) is 35.1 Å². The Hall–Kier alpha value is -2.50. The lowest BCUT2D eigenvalue weighted by molar-refractivity contribution is -0.389. The van der Waals surface area contributed by atoms with Gasteiger partial charge in [-0.05, 0) is 24.0 Å². The first-order valence-corrected chi connectivity index (χ1v) is 9.58. The summed E-state index contributed by atoms with van der Waals surface area (Å²) in [6, 6.07) is 6.77. The van der Waals surface area contributed by atoms with E-state index in [0.29, 0.717) is 19.6 Å². The summed E-state index contributed by atoms with van der Waals surface area (Å²) in [6.07, 6.45) is 1.41. The van der Waals surface area contributed by atoms with Crippen molar-refractivity contribution in [3.05, 3.63) is 57.0 Å². The van der Waals surface area contributed by atoms with Gasteiger partial charge in [0.1, 0.15) is 22.6 Å². The van der Waals surface area contributed by atoms with Gasteiger partial charge in [-0.25, -0.2) is 9.37 Å². The van der Waals surface area contributed by atoms with Crippen molar-refractivity contribution in [2.75, 3.05) is 6.54 Å². The molecule has 11 heteroatoms. The summed E-state index contributed by atoms with van der Waals surface area (Å²) in [7, 11) is 0. The first kappa shape index (κ1) is 19.8. The molecule has 2 aromatic heterocycles. The summed E-state index contributed by atoms with van der Waals surface area (Å²) in [5, 5.41) is 11.7. The van der Waals surface area contributed by atoms with Crippen molar-refractivity contribution in [2.45, 2.75) is 32.2 Å². The number of halogens is 1. The molecule has 2 aliphatic rings. The molecular weight excluding hydrogens is 417 g/mol. The summed E-state index contributed by atoms with van der Waals surface area (Å²) in [4.78, 5) is 22.3. The molecule has 0 amide bonds. The molecule has 0 saturated heterocycles. The molecule has 4 heterocycles. The number of rotatable bonds is 4. The Kier molecular flexibility index (Phi) is 4.83. The molecule has 0 spiro atoms. The van der Waals surface area contributed by atoms with Gasteiger partial charge in [-0.1, -0.05) is 12.1 Å². The normalized spacial score (nSPS) is 20.1. The Morgan fingerprint density at radius 2 is 2.21 bits per heavy atom. The van der Waals surface area contributed by atoms with Crippen molar-refractivity contribution in [2.24, 2.45) is 0 Å². The van der Waals surface area contributed by atoms with Gasteiger partial charge < -0.3 is 14.9 Å². The maximum Gasteiger partial charge on any atom is 0.415 e. The SMILES string of the molecule is C[C@]1(CN2Cc3nc(-c4cccc(F)c4)sc3C2)Cn2cc([N+](=O)[O-])nc2O1.S. The van der Waals surface area contributed by atoms with Gasteiger partial charge in [-0.3, -0.25) is 9.47 Å². The van der Waals surface area contributed by atoms with Crippen molar-refractivity contribution in [1.82, 2.24) is 19.4 Å². The summed E-state index contributed by atoms with van der Waals surface area (Å²) >= 11 is 1.59. The van der Waals surface area contributed by atoms with E-state index in [1.54, 1.807) is 22.0 Å². The zero-order chi connectivity index (χ0) is 19.5. The number of nitro groups is 1. The molecule has 0 N–H and O–H groups in total. The molecule has 2 aliphatic heterocycles. The molecule has 0 bridgehead atoms. The highest BCUT2D eigenvalue weighted by Gasteiger charge is 2.42. The highest BCUT2D eigenvalue weighted by atomic mass is 32.1. The van der Waals surface area contributed by atoms with Crippen LogP contribution in [0, 0.1) is 15.9 Å². The Labute approximate surface area is 176 Å². The van der Waals surface area contributed by atoms with Crippen LogP contribution < -0.4 is 4.74 Å². The number of hydrogen-bond acceptors (Lipinski definition) is 7. The van der Waals surface area contributed by atoms with Gasteiger partial charge >= 0.3 is 11.8 Å². The molecule has 0 aliphatic carbocycles. The maximum atomic E-state index is 13.5. The van der Waals surface area contributed by atoms with E-state index in [1.807, 2.05) is 13.0 Å². The van der Waals surface area contributed by atoms with Gasteiger partial charge in [0.05, 0.1) is 12.2 Å². The zero-order valence-electron chi connectivity index (χ0n) is 15.5. The fourth-order valence-corrected chi connectivity index (χ4v) is 4.90. The van der Waals surface area contributed by atoms with E-state index in [2.05, 4.69) is 14.9 Å². The van der Waals surface area contributed by atoms with Crippen LogP contribution in [0.1, 0.15) is 17.5 Å². The standard InChI is InChI=1S/C18H16FN5O3S.H2S/c1-18(10-23-8-15(24(25)26)21-17(23)27-18)9-22-6-13-14(7-22)28-16(20-13)11-3-2-4-12(19)5-11;/h2-5,8H,6-7,9-10H2,1H3;1H2/t18-;/m0./s1.